The van der Waals surface area contributed by atoms with E-state index < -0.39 is 11.7 Å². The van der Waals surface area contributed by atoms with Gasteiger partial charge in [-0.25, -0.2) is 0 Å². The van der Waals surface area contributed by atoms with E-state index in [1.54, 1.807) is 0 Å². The maximum atomic E-state index is 12.9. The van der Waals surface area contributed by atoms with Crippen molar-refractivity contribution in [3.8, 4) is 0 Å². The number of likely N-dealkylation sites (tertiary alicyclic amines) is 1. The van der Waals surface area contributed by atoms with Crippen LogP contribution >= 0.6 is 11.6 Å². The standard InChI is InChI=1S/C26H34ClNO4/c1-16-4-3-5-18-14-21-22(23(29)25(16,18)2)20(24(30)32-21)15-28-12-10-26(31,11-13-28)17-6-8-19(27)9-7-17/h5-9,16,20-23,29,31H,3-4,10-15H2,1-2H3/t16-,20-,21-,22-,23+,25-/m1/s1. The summed E-state index contributed by atoms with van der Waals surface area (Å²) >= 11 is 6.00. The van der Waals surface area contributed by atoms with Gasteiger partial charge in [-0.05, 0) is 49.3 Å². The number of piperidine rings is 1. The van der Waals surface area contributed by atoms with Crippen LogP contribution in [0.1, 0.15) is 51.5 Å². The molecule has 0 unspecified atom stereocenters. The lowest BCUT2D eigenvalue weighted by molar-refractivity contribution is -0.145. The Hall–Kier alpha value is -1.40. The number of hydrogen-bond donors (Lipinski definition) is 2. The van der Waals surface area contributed by atoms with Crippen LogP contribution < -0.4 is 0 Å². The number of benzene rings is 1. The van der Waals surface area contributed by atoms with Crippen LogP contribution in [0.25, 0.3) is 0 Å². The van der Waals surface area contributed by atoms with Crippen molar-refractivity contribution >= 4 is 17.6 Å². The zero-order valence-corrected chi connectivity index (χ0v) is 19.7. The number of ether oxygens (including phenoxy) is 1. The summed E-state index contributed by atoms with van der Waals surface area (Å²) in [6, 6.07) is 7.42. The number of aliphatic hydroxyl groups excluding tert-OH is 1. The third kappa shape index (κ3) is 3.53. The molecule has 1 saturated carbocycles. The molecule has 0 bridgehead atoms. The van der Waals surface area contributed by atoms with Gasteiger partial charge in [0.15, 0.2) is 0 Å². The molecule has 0 spiro atoms. The fraction of sp³-hybridized carbons (Fsp3) is 0.654. The van der Waals surface area contributed by atoms with Crippen molar-refractivity contribution in [3.05, 3.63) is 46.5 Å². The molecule has 2 saturated heterocycles. The Kier molecular flexibility index (Phi) is 5.68. The average molecular weight is 460 g/mol. The molecule has 4 aliphatic rings. The van der Waals surface area contributed by atoms with Gasteiger partial charge in [-0.15, -0.1) is 0 Å². The fourth-order valence-corrected chi connectivity index (χ4v) is 6.83. The van der Waals surface area contributed by atoms with Crippen molar-refractivity contribution in [2.24, 2.45) is 23.2 Å². The Bertz CT molecular complexity index is 907. The Morgan fingerprint density at radius 3 is 2.59 bits per heavy atom. The molecule has 2 heterocycles. The highest BCUT2D eigenvalue weighted by Gasteiger charge is 2.59. The molecule has 0 aromatic heterocycles. The number of allylic oxidation sites excluding steroid dienone is 1. The first-order valence-corrected chi connectivity index (χ1v) is 12.4. The lowest BCUT2D eigenvalue weighted by Crippen LogP contribution is -2.55. The molecule has 1 aromatic rings. The summed E-state index contributed by atoms with van der Waals surface area (Å²) in [4.78, 5) is 15.1. The summed E-state index contributed by atoms with van der Waals surface area (Å²) in [5.41, 5.74) is 1.02. The molecule has 3 fully saturated rings. The van der Waals surface area contributed by atoms with E-state index in [4.69, 9.17) is 16.3 Å². The van der Waals surface area contributed by atoms with Crippen LogP contribution in [-0.2, 0) is 15.1 Å². The molecule has 0 radical (unpaired) electrons. The summed E-state index contributed by atoms with van der Waals surface area (Å²) < 4.78 is 5.81. The van der Waals surface area contributed by atoms with Crippen LogP contribution in [-0.4, -0.2) is 52.9 Å². The van der Waals surface area contributed by atoms with Gasteiger partial charge >= 0.3 is 5.97 Å². The zero-order valence-electron chi connectivity index (χ0n) is 19.0. The van der Waals surface area contributed by atoms with Crippen LogP contribution in [0.2, 0.25) is 5.02 Å². The zero-order chi connectivity index (χ0) is 22.7. The Balaban J connectivity index is 1.29. The van der Waals surface area contributed by atoms with Crippen LogP contribution in [0.4, 0.5) is 0 Å². The first-order chi connectivity index (χ1) is 15.2. The van der Waals surface area contributed by atoms with Crippen molar-refractivity contribution in [3.63, 3.8) is 0 Å². The van der Waals surface area contributed by atoms with Gasteiger partial charge in [0.1, 0.15) is 6.10 Å². The van der Waals surface area contributed by atoms with E-state index in [-0.39, 0.29) is 29.3 Å². The molecule has 2 aliphatic carbocycles. The lowest BCUT2D eigenvalue weighted by Gasteiger charge is -2.52. The molecule has 5 rings (SSSR count). The van der Waals surface area contributed by atoms with E-state index in [0.717, 1.165) is 24.8 Å². The minimum atomic E-state index is -0.866. The molecule has 0 amide bonds. The molecular formula is C26H34ClNO4. The predicted molar refractivity (Wildman–Crippen MR) is 123 cm³/mol. The average Bonchev–Trinajstić information content (AvgIpc) is 3.07. The predicted octanol–water partition coefficient (Wildman–Crippen LogP) is 3.91. The van der Waals surface area contributed by atoms with Gasteiger partial charge in [-0.3, -0.25) is 4.79 Å². The number of nitrogens with zero attached hydrogens (tertiary/aromatic N) is 1. The normalized spacial score (nSPS) is 39.1. The van der Waals surface area contributed by atoms with Gasteiger partial charge in [0.25, 0.3) is 0 Å². The molecule has 1 aromatic carbocycles. The third-order valence-electron chi connectivity index (χ3n) is 9.09. The summed E-state index contributed by atoms with van der Waals surface area (Å²) in [7, 11) is 0. The van der Waals surface area contributed by atoms with E-state index in [0.29, 0.717) is 43.4 Å². The van der Waals surface area contributed by atoms with E-state index in [2.05, 4.69) is 24.8 Å². The van der Waals surface area contributed by atoms with Crippen LogP contribution in [0.15, 0.2) is 35.9 Å². The maximum Gasteiger partial charge on any atom is 0.311 e. The molecule has 174 valence electrons. The third-order valence-corrected chi connectivity index (χ3v) is 9.34. The van der Waals surface area contributed by atoms with Crippen molar-refractivity contribution in [1.82, 2.24) is 4.90 Å². The van der Waals surface area contributed by atoms with Gasteiger partial charge in [0, 0.05) is 42.4 Å². The Morgan fingerprint density at radius 2 is 1.91 bits per heavy atom. The lowest BCUT2D eigenvalue weighted by atomic mass is 9.55. The minimum Gasteiger partial charge on any atom is -0.461 e. The largest absolute Gasteiger partial charge is 0.461 e. The van der Waals surface area contributed by atoms with Crippen molar-refractivity contribution in [2.45, 2.75) is 63.8 Å². The molecule has 32 heavy (non-hydrogen) atoms. The number of rotatable bonds is 3. The molecule has 2 aliphatic heterocycles. The first-order valence-electron chi connectivity index (χ1n) is 12.0. The SMILES string of the molecule is C[C@@H]1CCC=C2C[C@H]3OC(=O)[C@H](CN4CCC(O)(c5ccc(Cl)cc5)CC4)[C@H]3[C@H](O)[C@@]21C. The van der Waals surface area contributed by atoms with Gasteiger partial charge in [-0.1, -0.05) is 49.2 Å². The van der Waals surface area contributed by atoms with Crippen molar-refractivity contribution in [1.29, 1.82) is 0 Å². The number of fused-ring (bicyclic) bond motifs is 2. The van der Waals surface area contributed by atoms with Gasteiger partial charge in [0.2, 0.25) is 0 Å². The molecular weight excluding hydrogens is 426 g/mol. The Labute approximate surface area is 195 Å². The monoisotopic (exact) mass is 459 g/mol. The van der Waals surface area contributed by atoms with Crippen molar-refractivity contribution < 1.29 is 19.7 Å². The molecule has 6 heteroatoms. The number of carbonyl (C=O) groups excluding carboxylic acids is 1. The summed E-state index contributed by atoms with van der Waals surface area (Å²) in [5, 5.41) is 23.4. The summed E-state index contributed by atoms with van der Waals surface area (Å²) in [5.74, 6) is -0.265. The van der Waals surface area contributed by atoms with E-state index >= 15 is 0 Å². The van der Waals surface area contributed by atoms with Gasteiger partial charge in [0.05, 0.1) is 17.6 Å². The minimum absolute atomic E-state index is 0.165. The number of aliphatic hydroxyl groups is 2. The highest BCUT2D eigenvalue weighted by atomic mass is 35.5. The van der Waals surface area contributed by atoms with E-state index in [9.17, 15) is 15.0 Å². The highest BCUT2D eigenvalue weighted by molar-refractivity contribution is 6.30. The van der Waals surface area contributed by atoms with Crippen LogP contribution in [0, 0.1) is 23.2 Å². The summed E-state index contributed by atoms with van der Waals surface area (Å²) in [6.45, 7) is 6.39. The quantitative estimate of drug-likeness (QED) is 0.529. The Morgan fingerprint density at radius 1 is 1.22 bits per heavy atom. The maximum absolute atomic E-state index is 12.9. The molecule has 6 atom stereocenters. The number of halogens is 1. The second kappa shape index (κ2) is 8.12. The molecule has 2 N–H and O–H groups in total. The first kappa shape index (κ1) is 22.4. The van der Waals surface area contributed by atoms with E-state index in [1.807, 2.05) is 24.3 Å². The smallest absolute Gasteiger partial charge is 0.311 e. The fourth-order valence-electron chi connectivity index (χ4n) is 6.71. The van der Waals surface area contributed by atoms with Crippen molar-refractivity contribution in [2.75, 3.05) is 19.6 Å². The van der Waals surface area contributed by atoms with Crippen LogP contribution in [0.5, 0.6) is 0 Å². The molecule has 5 nitrogen and oxygen atoms in total. The number of hydrogen-bond acceptors (Lipinski definition) is 5. The van der Waals surface area contributed by atoms with Crippen LogP contribution in [0.3, 0.4) is 0 Å². The second-order valence-corrected chi connectivity index (χ2v) is 11.1. The van der Waals surface area contributed by atoms with Gasteiger partial charge in [-0.2, -0.15) is 0 Å². The second-order valence-electron chi connectivity index (χ2n) is 10.6. The van der Waals surface area contributed by atoms with Gasteiger partial charge < -0.3 is 19.8 Å². The summed E-state index contributed by atoms with van der Waals surface area (Å²) in [6.07, 6.45) is 5.55. The number of esters is 1. The topological polar surface area (TPSA) is 70.0 Å². The van der Waals surface area contributed by atoms with E-state index in [1.165, 1.54) is 5.57 Å². The number of carbonyl (C=O) groups is 1. The highest BCUT2D eigenvalue weighted by Crippen LogP contribution is 2.56.